The molecule has 1 unspecified atom stereocenters. The van der Waals surface area contributed by atoms with Gasteiger partial charge < -0.3 is 15.2 Å². The van der Waals surface area contributed by atoms with Gasteiger partial charge in [-0.05, 0) is 26.0 Å². The zero-order valence-electron chi connectivity index (χ0n) is 11.7. The van der Waals surface area contributed by atoms with Gasteiger partial charge in [-0.2, -0.15) is 0 Å². The van der Waals surface area contributed by atoms with Crippen LogP contribution >= 0.6 is 0 Å². The summed E-state index contributed by atoms with van der Waals surface area (Å²) in [5.41, 5.74) is 0.295. The fourth-order valence-corrected chi connectivity index (χ4v) is 1.75. The van der Waals surface area contributed by atoms with E-state index in [4.69, 9.17) is 0 Å². The van der Waals surface area contributed by atoms with Gasteiger partial charge in [0.25, 0.3) is 5.91 Å². The molecule has 106 valence electrons. The second-order valence-corrected chi connectivity index (χ2v) is 4.33. The van der Waals surface area contributed by atoms with Crippen molar-refractivity contribution in [1.29, 1.82) is 0 Å². The van der Waals surface area contributed by atoms with Gasteiger partial charge >= 0.3 is 0 Å². The topological polar surface area (TPSA) is 97.6 Å². The molecule has 8 heteroatoms. The highest BCUT2D eigenvalue weighted by atomic mass is 16.1. The first-order valence-corrected chi connectivity index (χ1v) is 6.34. The molecule has 0 radical (unpaired) electrons. The van der Waals surface area contributed by atoms with Crippen molar-refractivity contribution in [2.75, 3.05) is 11.9 Å². The minimum absolute atomic E-state index is 0.0629. The number of rotatable bonds is 5. The van der Waals surface area contributed by atoms with Gasteiger partial charge in [0.2, 0.25) is 0 Å². The molecule has 2 rings (SSSR count). The summed E-state index contributed by atoms with van der Waals surface area (Å²) < 4.78 is 1.83. The van der Waals surface area contributed by atoms with E-state index >= 15 is 0 Å². The molecule has 0 spiro atoms. The van der Waals surface area contributed by atoms with Crippen LogP contribution in [0.25, 0.3) is 0 Å². The molecule has 2 N–H and O–H groups in total. The zero-order valence-corrected chi connectivity index (χ0v) is 11.7. The molecule has 0 aromatic carbocycles. The van der Waals surface area contributed by atoms with Gasteiger partial charge in [0.15, 0.2) is 11.5 Å². The van der Waals surface area contributed by atoms with E-state index < -0.39 is 0 Å². The zero-order chi connectivity index (χ0) is 14.5. The third kappa shape index (κ3) is 3.08. The van der Waals surface area contributed by atoms with E-state index in [-0.39, 0.29) is 11.9 Å². The Bertz CT molecular complexity index is 578. The summed E-state index contributed by atoms with van der Waals surface area (Å²) in [6.07, 6.45) is 1.64. The number of nitrogens with zero attached hydrogens (tertiary/aromatic N) is 5. The van der Waals surface area contributed by atoms with E-state index in [2.05, 4.69) is 31.0 Å². The van der Waals surface area contributed by atoms with Gasteiger partial charge in [-0.25, -0.2) is 0 Å². The first-order chi connectivity index (χ1) is 9.61. The molecule has 1 atom stereocenters. The van der Waals surface area contributed by atoms with Gasteiger partial charge in [-0.15, -0.1) is 20.4 Å². The summed E-state index contributed by atoms with van der Waals surface area (Å²) in [6.45, 7) is 4.36. The van der Waals surface area contributed by atoms with Crippen molar-refractivity contribution in [3.63, 3.8) is 0 Å². The standard InChI is InChI=1S/C12H17N7O/c1-4-13-12(20)9-5-6-10(17-16-9)15-8(2)11-18-14-7-19(11)3/h5-8H,4H2,1-3H3,(H,13,20)(H,15,17). The molecular formula is C12H17N7O. The number of carbonyl (C=O) groups is 1. The molecule has 20 heavy (non-hydrogen) atoms. The van der Waals surface area contributed by atoms with Gasteiger partial charge in [-0.3, -0.25) is 4.79 Å². The Labute approximate surface area is 116 Å². The Hall–Kier alpha value is -2.51. The van der Waals surface area contributed by atoms with Crippen LogP contribution in [0.4, 0.5) is 5.82 Å². The van der Waals surface area contributed by atoms with Crippen LogP contribution in [0.1, 0.15) is 36.2 Å². The predicted octanol–water partition coefficient (Wildman–Crippen LogP) is 0.528. The number of aromatic nitrogens is 5. The smallest absolute Gasteiger partial charge is 0.271 e. The van der Waals surface area contributed by atoms with Crippen molar-refractivity contribution in [1.82, 2.24) is 30.3 Å². The molecule has 0 bridgehead atoms. The average molecular weight is 275 g/mol. The summed E-state index contributed by atoms with van der Waals surface area (Å²) in [5, 5.41) is 21.5. The molecule has 0 saturated carbocycles. The first kappa shape index (κ1) is 13.9. The number of nitrogens with one attached hydrogen (secondary N) is 2. The maximum absolute atomic E-state index is 11.6. The van der Waals surface area contributed by atoms with Crippen molar-refractivity contribution in [3.05, 3.63) is 30.0 Å². The van der Waals surface area contributed by atoms with E-state index in [1.165, 1.54) is 0 Å². The highest BCUT2D eigenvalue weighted by Gasteiger charge is 2.12. The molecule has 8 nitrogen and oxygen atoms in total. The highest BCUT2D eigenvalue weighted by Crippen LogP contribution is 2.14. The van der Waals surface area contributed by atoms with Crippen molar-refractivity contribution < 1.29 is 4.79 Å². The normalized spacial score (nSPS) is 11.9. The quantitative estimate of drug-likeness (QED) is 0.826. The Morgan fingerprint density at radius 1 is 1.35 bits per heavy atom. The lowest BCUT2D eigenvalue weighted by molar-refractivity contribution is 0.0950. The molecule has 2 heterocycles. The highest BCUT2D eigenvalue weighted by molar-refractivity contribution is 5.92. The maximum Gasteiger partial charge on any atom is 0.271 e. The van der Waals surface area contributed by atoms with Gasteiger partial charge in [0.1, 0.15) is 12.1 Å². The van der Waals surface area contributed by atoms with Gasteiger partial charge in [0, 0.05) is 13.6 Å². The number of aryl methyl sites for hydroxylation is 1. The first-order valence-electron chi connectivity index (χ1n) is 6.34. The largest absolute Gasteiger partial charge is 0.359 e. The predicted molar refractivity (Wildman–Crippen MR) is 73.1 cm³/mol. The van der Waals surface area contributed by atoms with Crippen molar-refractivity contribution >= 4 is 11.7 Å². The SMILES string of the molecule is CCNC(=O)c1ccc(NC(C)c2nncn2C)nn1. The lowest BCUT2D eigenvalue weighted by Gasteiger charge is -2.13. The Balaban J connectivity index is 2.04. The molecule has 2 aromatic heterocycles. The second-order valence-electron chi connectivity index (χ2n) is 4.33. The van der Waals surface area contributed by atoms with Crippen molar-refractivity contribution in [2.45, 2.75) is 19.9 Å². The number of carbonyl (C=O) groups excluding carboxylic acids is 1. The third-order valence-electron chi connectivity index (χ3n) is 2.73. The van der Waals surface area contributed by atoms with Crippen LogP contribution in [-0.4, -0.2) is 37.4 Å². The third-order valence-corrected chi connectivity index (χ3v) is 2.73. The fourth-order valence-electron chi connectivity index (χ4n) is 1.75. The number of amides is 1. The van der Waals surface area contributed by atoms with Gasteiger partial charge in [0.05, 0.1) is 6.04 Å². The van der Waals surface area contributed by atoms with Crippen LogP contribution in [-0.2, 0) is 7.05 Å². The van der Waals surface area contributed by atoms with Crippen LogP contribution in [0, 0.1) is 0 Å². The van der Waals surface area contributed by atoms with Crippen LogP contribution in [0.5, 0.6) is 0 Å². The lowest BCUT2D eigenvalue weighted by atomic mass is 10.3. The second kappa shape index (κ2) is 6.09. The summed E-state index contributed by atoms with van der Waals surface area (Å²) in [4.78, 5) is 11.6. The molecule has 0 fully saturated rings. The Morgan fingerprint density at radius 3 is 2.70 bits per heavy atom. The number of hydrogen-bond acceptors (Lipinski definition) is 6. The molecule has 0 aliphatic heterocycles. The minimum atomic E-state index is -0.229. The molecule has 0 aliphatic carbocycles. The molecule has 2 aromatic rings. The van der Waals surface area contributed by atoms with Crippen molar-refractivity contribution in [2.24, 2.45) is 7.05 Å². The summed E-state index contributed by atoms with van der Waals surface area (Å²) in [7, 11) is 1.87. The van der Waals surface area contributed by atoms with E-state index in [1.54, 1.807) is 18.5 Å². The molecule has 0 aliphatic rings. The monoisotopic (exact) mass is 275 g/mol. The maximum atomic E-state index is 11.6. The van der Waals surface area contributed by atoms with E-state index in [0.29, 0.717) is 18.1 Å². The average Bonchev–Trinajstić information content (AvgIpc) is 2.86. The summed E-state index contributed by atoms with van der Waals surface area (Å²) in [5.74, 6) is 1.14. The van der Waals surface area contributed by atoms with Crippen LogP contribution in [0.3, 0.4) is 0 Å². The van der Waals surface area contributed by atoms with Crippen LogP contribution < -0.4 is 10.6 Å². The number of anilines is 1. The van der Waals surface area contributed by atoms with Crippen LogP contribution in [0.15, 0.2) is 18.5 Å². The van der Waals surface area contributed by atoms with Gasteiger partial charge in [-0.1, -0.05) is 0 Å². The van der Waals surface area contributed by atoms with E-state index in [1.807, 2.05) is 25.5 Å². The van der Waals surface area contributed by atoms with Crippen LogP contribution in [0.2, 0.25) is 0 Å². The molecule has 0 saturated heterocycles. The fraction of sp³-hybridized carbons (Fsp3) is 0.417. The Morgan fingerprint density at radius 2 is 2.15 bits per heavy atom. The summed E-state index contributed by atoms with van der Waals surface area (Å²) in [6, 6.07) is 3.28. The Kier molecular flexibility index (Phi) is 4.24. The summed E-state index contributed by atoms with van der Waals surface area (Å²) >= 11 is 0. The number of hydrogen-bond donors (Lipinski definition) is 2. The minimum Gasteiger partial charge on any atom is -0.359 e. The van der Waals surface area contributed by atoms with E-state index in [9.17, 15) is 4.79 Å². The van der Waals surface area contributed by atoms with E-state index in [0.717, 1.165) is 5.82 Å². The molecule has 1 amide bonds. The lowest BCUT2D eigenvalue weighted by Crippen LogP contribution is -2.24. The van der Waals surface area contributed by atoms with Crippen molar-refractivity contribution in [3.8, 4) is 0 Å². The molecular weight excluding hydrogens is 258 g/mol.